The molecule has 0 aromatic heterocycles. The van der Waals surface area contributed by atoms with Gasteiger partial charge in [-0.15, -0.1) is 0 Å². The molecule has 4 nitrogen and oxygen atoms in total. The van der Waals surface area contributed by atoms with Gasteiger partial charge in [0.2, 0.25) is 0 Å². The first-order valence-electron chi connectivity index (χ1n) is 8.74. The van der Waals surface area contributed by atoms with E-state index in [4.69, 9.17) is 21.1 Å². The second-order valence-corrected chi connectivity index (χ2v) is 6.88. The van der Waals surface area contributed by atoms with Crippen molar-refractivity contribution < 1.29 is 13.9 Å². The lowest BCUT2D eigenvalue weighted by atomic mass is 10.0. The minimum absolute atomic E-state index is 0.219. The molecular weight excluding hydrogens is 355 g/mol. The Morgan fingerprint density at radius 3 is 2.62 bits per heavy atom. The number of rotatable bonds is 6. The summed E-state index contributed by atoms with van der Waals surface area (Å²) in [5, 5.41) is 4.09. The zero-order valence-electron chi connectivity index (χ0n) is 15.1. The summed E-state index contributed by atoms with van der Waals surface area (Å²) in [6.45, 7) is 2.68. The number of likely N-dealkylation sites (tertiary alicyclic amines) is 1. The van der Waals surface area contributed by atoms with Crippen LogP contribution in [0.1, 0.15) is 18.4 Å². The van der Waals surface area contributed by atoms with E-state index in [1.165, 1.54) is 12.1 Å². The largest absolute Gasteiger partial charge is 0.493 e. The molecule has 0 amide bonds. The van der Waals surface area contributed by atoms with Crippen molar-refractivity contribution in [2.75, 3.05) is 32.6 Å². The van der Waals surface area contributed by atoms with E-state index in [0.29, 0.717) is 22.6 Å². The third kappa shape index (κ3) is 4.40. The number of hydrogen-bond acceptors (Lipinski definition) is 4. The van der Waals surface area contributed by atoms with Crippen LogP contribution in [0.2, 0.25) is 5.02 Å². The minimum Gasteiger partial charge on any atom is -0.493 e. The number of halogens is 2. The van der Waals surface area contributed by atoms with Crippen LogP contribution >= 0.6 is 11.6 Å². The molecule has 0 bridgehead atoms. The normalized spacial score (nSPS) is 17.8. The van der Waals surface area contributed by atoms with Gasteiger partial charge in [-0.3, -0.25) is 4.90 Å². The third-order valence-corrected chi connectivity index (χ3v) is 5.09. The summed E-state index contributed by atoms with van der Waals surface area (Å²) >= 11 is 6.51. The zero-order chi connectivity index (χ0) is 18.5. The van der Waals surface area contributed by atoms with E-state index in [2.05, 4.69) is 10.2 Å². The lowest BCUT2D eigenvalue weighted by molar-refractivity contribution is 0.208. The maximum absolute atomic E-state index is 13.1. The quantitative estimate of drug-likeness (QED) is 0.798. The molecule has 140 valence electrons. The highest BCUT2D eigenvalue weighted by Gasteiger charge is 2.22. The fourth-order valence-corrected chi connectivity index (χ4v) is 3.68. The van der Waals surface area contributed by atoms with E-state index in [-0.39, 0.29) is 5.82 Å². The van der Waals surface area contributed by atoms with E-state index in [1.54, 1.807) is 26.4 Å². The summed E-state index contributed by atoms with van der Waals surface area (Å²) in [6.07, 6.45) is 2.19. The predicted octanol–water partition coefficient (Wildman–Crippen LogP) is 4.57. The molecule has 0 radical (unpaired) electrons. The van der Waals surface area contributed by atoms with Crippen LogP contribution in [0.25, 0.3) is 0 Å². The summed E-state index contributed by atoms with van der Waals surface area (Å²) in [4.78, 5) is 2.37. The predicted molar refractivity (Wildman–Crippen MR) is 103 cm³/mol. The van der Waals surface area contributed by atoms with Crippen LogP contribution in [-0.2, 0) is 6.54 Å². The van der Waals surface area contributed by atoms with Gasteiger partial charge < -0.3 is 14.8 Å². The van der Waals surface area contributed by atoms with Gasteiger partial charge in [0.1, 0.15) is 5.82 Å². The first-order chi connectivity index (χ1) is 12.6. The summed E-state index contributed by atoms with van der Waals surface area (Å²) in [5.41, 5.74) is 1.97. The molecule has 1 aliphatic heterocycles. The highest BCUT2D eigenvalue weighted by Crippen LogP contribution is 2.38. The molecule has 6 heteroatoms. The Morgan fingerprint density at radius 1 is 1.15 bits per heavy atom. The number of anilines is 1. The number of hydrogen-bond donors (Lipinski definition) is 1. The number of benzene rings is 2. The SMILES string of the molecule is COc1ccc(CN2CCCC(Nc3ccc(F)cc3)C2)c(Cl)c1OC. The van der Waals surface area contributed by atoms with Crippen molar-refractivity contribution in [1.29, 1.82) is 0 Å². The van der Waals surface area contributed by atoms with Crippen molar-refractivity contribution in [2.45, 2.75) is 25.4 Å². The number of piperidine rings is 1. The molecule has 1 fully saturated rings. The van der Waals surface area contributed by atoms with Crippen LogP contribution in [0.5, 0.6) is 11.5 Å². The Balaban J connectivity index is 1.66. The number of nitrogens with one attached hydrogen (secondary N) is 1. The Bertz CT molecular complexity index is 739. The maximum atomic E-state index is 13.1. The van der Waals surface area contributed by atoms with E-state index in [0.717, 1.165) is 43.7 Å². The monoisotopic (exact) mass is 378 g/mol. The van der Waals surface area contributed by atoms with E-state index in [9.17, 15) is 4.39 Å². The van der Waals surface area contributed by atoms with Crippen LogP contribution < -0.4 is 14.8 Å². The van der Waals surface area contributed by atoms with Gasteiger partial charge in [-0.05, 0) is 55.3 Å². The molecular formula is C20H24ClFN2O2. The second-order valence-electron chi connectivity index (χ2n) is 6.50. The first kappa shape index (κ1) is 18.8. The van der Waals surface area contributed by atoms with Gasteiger partial charge in [-0.2, -0.15) is 0 Å². The Morgan fingerprint density at radius 2 is 1.92 bits per heavy atom. The van der Waals surface area contributed by atoms with Crippen LogP contribution in [0.3, 0.4) is 0 Å². The Kier molecular flexibility index (Phi) is 6.22. The van der Waals surface area contributed by atoms with Crippen molar-refractivity contribution in [3.63, 3.8) is 0 Å². The number of ether oxygens (including phenoxy) is 2. The molecule has 2 aromatic carbocycles. The molecule has 1 aliphatic rings. The molecule has 1 heterocycles. The Labute approximate surface area is 158 Å². The smallest absolute Gasteiger partial charge is 0.179 e. The molecule has 1 N–H and O–H groups in total. The van der Waals surface area contributed by atoms with Gasteiger partial charge in [0.25, 0.3) is 0 Å². The van der Waals surface area contributed by atoms with E-state index >= 15 is 0 Å². The van der Waals surface area contributed by atoms with Gasteiger partial charge in [-0.1, -0.05) is 17.7 Å². The number of methoxy groups -OCH3 is 2. The van der Waals surface area contributed by atoms with E-state index in [1.807, 2.05) is 12.1 Å². The van der Waals surface area contributed by atoms with Crippen molar-refractivity contribution in [2.24, 2.45) is 0 Å². The molecule has 1 unspecified atom stereocenters. The highest BCUT2D eigenvalue weighted by atomic mass is 35.5. The van der Waals surface area contributed by atoms with Gasteiger partial charge in [0, 0.05) is 24.8 Å². The molecule has 0 aliphatic carbocycles. The van der Waals surface area contributed by atoms with Gasteiger partial charge in [-0.25, -0.2) is 4.39 Å². The van der Waals surface area contributed by atoms with Crippen LogP contribution in [0, 0.1) is 5.82 Å². The maximum Gasteiger partial charge on any atom is 0.179 e. The second kappa shape index (κ2) is 8.60. The summed E-state index contributed by atoms with van der Waals surface area (Å²) in [6, 6.07) is 10.7. The van der Waals surface area contributed by atoms with Crippen molar-refractivity contribution in [1.82, 2.24) is 4.90 Å². The fourth-order valence-electron chi connectivity index (χ4n) is 3.39. The van der Waals surface area contributed by atoms with Crippen molar-refractivity contribution in [3.8, 4) is 11.5 Å². The van der Waals surface area contributed by atoms with Gasteiger partial charge >= 0.3 is 0 Å². The first-order valence-corrected chi connectivity index (χ1v) is 9.12. The zero-order valence-corrected chi connectivity index (χ0v) is 15.9. The molecule has 3 rings (SSSR count). The fraction of sp³-hybridized carbons (Fsp3) is 0.400. The molecule has 1 saturated heterocycles. The minimum atomic E-state index is -0.219. The van der Waals surface area contributed by atoms with Crippen LogP contribution in [-0.4, -0.2) is 38.3 Å². The average Bonchev–Trinajstić information content (AvgIpc) is 2.65. The van der Waals surface area contributed by atoms with Crippen molar-refractivity contribution >= 4 is 17.3 Å². The molecule has 26 heavy (non-hydrogen) atoms. The number of nitrogens with zero attached hydrogens (tertiary/aromatic N) is 1. The van der Waals surface area contributed by atoms with Crippen LogP contribution in [0.15, 0.2) is 36.4 Å². The lowest BCUT2D eigenvalue weighted by Gasteiger charge is -2.34. The molecule has 1 atom stereocenters. The molecule has 0 saturated carbocycles. The summed E-state index contributed by atoms with van der Waals surface area (Å²) in [7, 11) is 3.20. The summed E-state index contributed by atoms with van der Waals surface area (Å²) < 4.78 is 23.7. The lowest BCUT2D eigenvalue weighted by Crippen LogP contribution is -2.41. The topological polar surface area (TPSA) is 33.7 Å². The van der Waals surface area contributed by atoms with E-state index < -0.39 is 0 Å². The highest BCUT2D eigenvalue weighted by molar-refractivity contribution is 6.33. The summed E-state index contributed by atoms with van der Waals surface area (Å²) in [5.74, 6) is 0.990. The molecule has 0 spiro atoms. The van der Waals surface area contributed by atoms with Gasteiger partial charge in [0.05, 0.1) is 19.2 Å². The molecule has 2 aromatic rings. The van der Waals surface area contributed by atoms with Crippen molar-refractivity contribution in [3.05, 3.63) is 52.8 Å². The van der Waals surface area contributed by atoms with Gasteiger partial charge in [0.15, 0.2) is 11.5 Å². The third-order valence-electron chi connectivity index (χ3n) is 4.68. The average molecular weight is 379 g/mol. The standard InChI is InChI=1S/C20H24ClFN2O2/c1-25-18-10-5-14(19(21)20(18)26-2)12-24-11-3-4-17(13-24)23-16-8-6-15(22)7-9-16/h5-10,17,23H,3-4,11-13H2,1-2H3. The van der Waals surface area contributed by atoms with Crippen LogP contribution in [0.4, 0.5) is 10.1 Å². The Hall–Kier alpha value is -1.98.